The normalized spacial score (nSPS) is 11.3. The summed E-state index contributed by atoms with van der Waals surface area (Å²) in [5.74, 6) is 0.457. The number of benzene rings is 1. The van der Waals surface area contributed by atoms with Gasteiger partial charge in [0, 0.05) is 12.1 Å². The van der Waals surface area contributed by atoms with Crippen molar-refractivity contribution in [2.45, 2.75) is 34.3 Å². The van der Waals surface area contributed by atoms with E-state index in [1.807, 2.05) is 50.2 Å². The van der Waals surface area contributed by atoms with Crippen molar-refractivity contribution in [2.75, 3.05) is 0 Å². The molecule has 4 nitrogen and oxygen atoms in total. The molecule has 0 radical (unpaired) electrons. The summed E-state index contributed by atoms with van der Waals surface area (Å²) in [6.45, 7) is 7.88. The number of aryl methyl sites for hydroxylation is 2. The van der Waals surface area contributed by atoms with Crippen molar-refractivity contribution in [3.63, 3.8) is 0 Å². The van der Waals surface area contributed by atoms with Gasteiger partial charge in [0.2, 0.25) is 0 Å². The average Bonchev–Trinajstić information content (AvgIpc) is 2.59. The highest BCUT2D eigenvalue weighted by Gasteiger charge is 2.14. The molecule has 1 aromatic heterocycles. The Morgan fingerprint density at radius 3 is 2.48 bits per heavy atom. The van der Waals surface area contributed by atoms with E-state index < -0.39 is 0 Å². The fourth-order valence-corrected chi connectivity index (χ4v) is 2.56. The molecule has 1 aromatic carbocycles. The van der Waals surface area contributed by atoms with E-state index in [1.54, 1.807) is 26.1 Å². The summed E-state index contributed by atoms with van der Waals surface area (Å²) in [6, 6.07) is 11.6. The smallest absolute Gasteiger partial charge is 0.175 e. The van der Waals surface area contributed by atoms with Crippen LogP contribution in [-0.2, 0) is 11.4 Å². The summed E-state index contributed by atoms with van der Waals surface area (Å²) < 4.78 is 5.91. The zero-order valence-electron chi connectivity index (χ0n) is 15.0. The van der Waals surface area contributed by atoms with Gasteiger partial charge >= 0.3 is 0 Å². The Hall–Kier alpha value is -2.93. The Labute approximate surface area is 148 Å². The fourth-order valence-electron chi connectivity index (χ4n) is 2.56. The minimum atomic E-state index is -0.200. The minimum absolute atomic E-state index is 0.145. The van der Waals surface area contributed by atoms with Gasteiger partial charge in [0.15, 0.2) is 5.78 Å². The number of nitriles is 1. The van der Waals surface area contributed by atoms with Gasteiger partial charge in [0.05, 0.1) is 11.3 Å². The number of rotatable bonds is 6. The molecule has 0 aliphatic carbocycles. The minimum Gasteiger partial charge on any atom is -0.487 e. The molecule has 0 aliphatic heterocycles. The van der Waals surface area contributed by atoms with Gasteiger partial charge < -0.3 is 4.74 Å². The number of carbonyl (C=O) groups is 1. The van der Waals surface area contributed by atoms with Crippen LogP contribution in [0.25, 0.3) is 6.08 Å². The van der Waals surface area contributed by atoms with E-state index in [0.29, 0.717) is 6.61 Å². The molecule has 0 unspecified atom stereocenters. The summed E-state index contributed by atoms with van der Waals surface area (Å²) >= 11 is 0. The quantitative estimate of drug-likeness (QED) is 0.580. The van der Waals surface area contributed by atoms with Gasteiger partial charge in [0.1, 0.15) is 18.4 Å². The molecule has 2 aromatic rings. The number of Topliss-reactive ketones (excluding diaryl/α,β-unsaturated/α-hetero) is 1. The molecule has 0 aliphatic rings. The van der Waals surface area contributed by atoms with Crippen LogP contribution < -0.4 is 4.74 Å². The topological polar surface area (TPSA) is 63.0 Å². The number of nitrogens with zero attached hydrogens (tertiary/aromatic N) is 2. The lowest BCUT2D eigenvalue weighted by atomic mass is 9.98. The summed E-state index contributed by atoms with van der Waals surface area (Å²) in [7, 11) is 0. The first-order valence-electron chi connectivity index (χ1n) is 8.22. The first-order valence-corrected chi connectivity index (χ1v) is 8.22. The van der Waals surface area contributed by atoms with Crippen molar-refractivity contribution < 1.29 is 9.53 Å². The Balaban J connectivity index is 2.25. The second-order valence-electron chi connectivity index (χ2n) is 6.28. The highest BCUT2D eigenvalue weighted by Crippen LogP contribution is 2.27. The largest absolute Gasteiger partial charge is 0.487 e. The number of ether oxygens (including phenoxy) is 1. The Morgan fingerprint density at radius 1 is 1.28 bits per heavy atom. The van der Waals surface area contributed by atoms with E-state index >= 15 is 0 Å². The third-order valence-electron chi connectivity index (χ3n) is 3.79. The molecule has 0 N–H and O–H groups in total. The van der Waals surface area contributed by atoms with Gasteiger partial charge in [-0.15, -0.1) is 0 Å². The number of carbonyl (C=O) groups excluding carboxylic acids is 1. The number of hydrogen-bond acceptors (Lipinski definition) is 4. The van der Waals surface area contributed by atoms with Crippen molar-refractivity contribution in [3.05, 3.63) is 64.5 Å². The molecule has 4 heteroatoms. The number of allylic oxidation sites excluding steroid dienone is 1. The molecular weight excluding hydrogens is 312 g/mol. The molecule has 0 spiro atoms. The number of ketones is 1. The van der Waals surface area contributed by atoms with Crippen molar-refractivity contribution in [3.8, 4) is 11.8 Å². The highest BCUT2D eigenvalue weighted by atomic mass is 16.5. The maximum Gasteiger partial charge on any atom is 0.175 e. The highest BCUT2D eigenvalue weighted by molar-refractivity contribution is 6.04. The van der Waals surface area contributed by atoms with Gasteiger partial charge in [-0.1, -0.05) is 19.9 Å². The van der Waals surface area contributed by atoms with E-state index in [-0.39, 0.29) is 17.3 Å². The molecule has 0 saturated carbocycles. The lowest BCUT2D eigenvalue weighted by Crippen LogP contribution is -2.09. The van der Waals surface area contributed by atoms with Gasteiger partial charge in [-0.2, -0.15) is 5.26 Å². The van der Waals surface area contributed by atoms with Crippen LogP contribution in [-0.4, -0.2) is 10.8 Å². The maximum atomic E-state index is 12.1. The number of aromatic nitrogens is 1. The Morgan fingerprint density at radius 2 is 1.96 bits per heavy atom. The molecule has 0 bridgehead atoms. The second-order valence-corrected chi connectivity index (χ2v) is 6.28. The molecule has 25 heavy (non-hydrogen) atoms. The molecule has 1 heterocycles. The Bertz CT molecular complexity index is 808. The molecule has 0 amide bonds. The molecular formula is C21H22N2O2. The van der Waals surface area contributed by atoms with Crippen molar-refractivity contribution >= 4 is 11.9 Å². The van der Waals surface area contributed by atoms with Crippen molar-refractivity contribution in [1.82, 2.24) is 4.98 Å². The lowest BCUT2D eigenvalue weighted by molar-refractivity contribution is -0.117. The van der Waals surface area contributed by atoms with Crippen LogP contribution in [0.4, 0.5) is 0 Å². The van der Waals surface area contributed by atoms with Crippen LogP contribution >= 0.6 is 0 Å². The standard InChI is InChI=1S/C21H22N2O2/c1-14(2)20(24)18(12-22)11-17-9-15(3)21(16(4)10-17)25-13-19-7-5-6-8-23-19/h5-11,14H,13H2,1-4H3/b18-11+. The lowest BCUT2D eigenvalue weighted by Gasteiger charge is -2.13. The average molecular weight is 334 g/mol. The first kappa shape index (κ1) is 18.4. The van der Waals surface area contributed by atoms with Crippen molar-refractivity contribution in [1.29, 1.82) is 5.26 Å². The zero-order chi connectivity index (χ0) is 18.4. The van der Waals surface area contributed by atoms with E-state index in [2.05, 4.69) is 4.98 Å². The van der Waals surface area contributed by atoms with Gasteiger partial charge in [-0.25, -0.2) is 0 Å². The first-order chi connectivity index (χ1) is 11.9. The summed E-state index contributed by atoms with van der Waals surface area (Å²) in [4.78, 5) is 16.3. The van der Waals surface area contributed by atoms with Crippen molar-refractivity contribution in [2.24, 2.45) is 5.92 Å². The van der Waals surface area contributed by atoms with Gasteiger partial charge in [-0.05, 0) is 60.9 Å². The second kappa shape index (κ2) is 8.25. The Kier molecular flexibility index (Phi) is 6.08. The number of pyridine rings is 1. The SMILES string of the molecule is Cc1cc(/C=C(\C#N)C(=O)C(C)C)cc(C)c1OCc1ccccn1. The van der Waals surface area contributed by atoms with Crippen LogP contribution in [0.15, 0.2) is 42.1 Å². The van der Waals surface area contributed by atoms with Crippen LogP contribution in [0.2, 0.25) is 0 Å². The summed E-state index contributed by atoms with van der Waals surface area (Å²) in [5, 5.41) is 9.24. The molecule has 0 atom stereocenters. The summed E-state index contributed by atoms with van der Waals surface area (Å²) in [5.41, 5.74) is 3.77. The van der Waals surface area contributed by atoms with Crippen LogP contribution in [0.5, 0.6) is 5.75 Å². The third kappa shape index (κ3) is 4.77. The third-order valence-corrected chi connectivity index (χ3v) is 3.79. The van der Waals surface area contributed by atoms with E-state index in [1.165, 1.54) is 0 Å². The fraction of sp³-hybridized carbons (Fsp3) is 0.286. The molecule has 0 saturated heterocycles. The summed E-state index contributed by atoms with van der Waals surface area (Å²) in [6.07, 6.45) is 3.38. The monoisotopic (exact) mass is 334 g/mol. The van der Waals surface area contributed by atoms with E-state index in [0.717, 1.165) is 28.1 Å². The predicted molar refractivity (Wildman–Crippen MR) is 97.9 cm³/mol. The van der Waals surface area contributed by atoms with Crippen LogP contribution in [0.1, 0.15) is 36.2 Å². The number of hydrogen-bond donors (Lipinski definition) is 0. The van der Waals surface area contributed by atoms with Gasteiger partial charge in [-0.3, -0.25) is 9.78 Å². The molecule has 2 rings (SSSR count). The van der Waals surface area contributed by atoms with E-state index in [9.17, 15) is 10.1 Å². The van der Waals surface area contributed by atoms with Gasteiger partial charge in [0.25, 0.3) is 0 Å². The van der Waals surface area contributed by atoms with Crippen LogP contribution in [0.3, 0.4) is 0 Å². The van der Waals surface area contributed by atoms with E-state index in [4.69, 9.17) is 4.74 Å². The maximum absolute atomic E-state index is 12.1. The van der Waals surface area contributed by atoms with Crippen LogP contribution in [0, 0.1) is 31.1 Å². The molecule has 128 valence electrons. The predicted octanol–water partition coefficient (Wildman–Crippen LogP) is 4.41. The zero-order valence-corrected chi connectivity index (χ0v) is 15.0. The molecule has 0 fully saturated rings.